The first-order valence-electron chi connectivity index (χ1n) is 4.51. The average Bonchev–Trinajstić information content (AvgIpc) is 2.24. The highest BCUT2D eigenvalue weighted by Gasteiger charge is 1.97. The lowest BCUT2D eigenvalue weighted by Gasteiger charge is -2.20. The van der Waals surface area contributed by atoms with Crippen molar-refractivity contribution in [3.05, 3.63) is 30.3 Å². The molecular formula is C10H19BN3. The highest BCUT2D eigenvalue weighted by molar-refractivity contribution is 5.75. The Kier molecular flexibility index (Phi) is 11.2. The molecule has 0 unspecified atom stereocenters. The summed E-state index contributed by atoms with van der Waals surface area (Å²) in [6, 6.07) is 10.5. The van der Waals surface area contributed by atoms with E-state index in [9.17, 15) is 0 Å². The molecule has 3 radical (unpaired) electrons. The zero-order chi connectivity index (χ0) is 10.1. The van der Waals surface area contributed by atoms with E-state index in [1.807, 2.05) is 6.07 Å². The Hall–Kier alpha value is -0.995. The minimum Gasteiger partial charge on any atom is -0.372 e. The van der Waals surface area contributed by atoms with Crippen LogP contribution in [0.15, 0.2) is 30.3 Å². The summed E-state index contributed by atoms with van der Waals surface area (Å²) in [5.74, 6) is 8.00. The molecule has 0 aliphatic rings. The number of nitrogens with two attached hydrogens (primary N) is 2. The number of hydrogen-bond donors (Lipinski definition) is 2. The standard InChI is InChI=1S/C10H15N.B.H4N2/c1-3-11(4-2)10-8-6-5-7-9-10;;1-2/h5-9H,3-4H2,1-2H3;;1-2H2. The van der Waals surface area contributed by atoms with Crippen LogP contribution >= 0.6 is 0 Å². The molecule has 0 spiro atoms. The predicted molar refractivity (Wildman–Crippen MR) is 64.1 cm³/mol. The molecule has 4 heteroatoms. The normalized spacial score (nSPS) is 8.00. The van der Waals surface area contributed by atoms with Gasteiger partial charge in [0.15, 0.2) is 0 Å². The number of hydrazine groups is 1. The van der Waals surface area contributed by atoms with Gasteiger partial charge in [-0.25, -0.2) is 0 Å². The summed E-state index contributed by atoms with van der Waals surface area (Å²) in [6.07, 6.45) is 0. The largest absolute Gasteiger partial charge is 0.372 e. The first-order chi connectivity index (χ1) is 6.38. The molecule has 0 amide bonds. The van der Waals surface area contributed by atoms with Gasteiger partial charge in [-0.2, -0.15) is 0 Å². The molecule has 0 saturated carbocycles. The van der Waals surface area contributed by atoms with E-state index in [2.05, 4.69) is 54.7 Å². The summed E-state index contributed by atoms with van der Waals surface area (Å²) >= 11 is 0. The van der Waals surface area contributed by atoms with Crippen molar-refractivity contribution in [2.45, 2.75) is 13.8 Å². The van der Waals surface area contributed by atoms with Gasteiger partial charge in [-0.3, -0.25) is 11.7 Å². The second kappa shape index (κ2) is 10.1. The Morgan fingerprint density at radius 1 is 1.00 bits per heavy atom. The van der Waals surface area contributed by atoms with Crippen molar-refractivity contribution in [3.8, 4) is 0 Å². The van der Waals surface area contributed by atoms with E-state index in [1.54, 1.807) is 0 Å². The molecule has 0 aliphatic heterocycles. The van der Waals surface area contributed by atoms with Crippen molar-refractivity contribution in [1.82, 2.24) is 0 Å². The van der Waals surface area contributed by atoms with Crippen molar-refractivity contribution >= 4 is 14.1 Å². The van der Waals surface area contributed by atoms with Crippen molar-refractivity contribution in [2.24, 2.45) is 11.7 Å². The lowest BCUT2D eigenvalue weighted by atomic mass is 10.3. The van der Waals surface area contributed by atoms with Crippen LogP contribution in [0.2, 0.25) is 0 Å². The molecule has 0 fully saturated rings. The number of para-hydroxylation sites is 1. The summed E-state index contributed by atoms with van der Waals surface area (Å²) in [7, 11) is 0. The fourth-order valence-electron chi connectivity index (χ4n) is 1.23. The summed E-state index contributed by atoms with van der Waals surface area (Å²) in [5.41, 5.74) is 1.32. The van der Waals surface area contributed by atoms with Gasteiger partial charge >= 0.3 is 0 Å². The first-order valence-corrected chi connectivity index (χ1v) is 4.51. The highest BCUT2D eigenvalue weighted by atomic mass is 15.1. The van der Waals surface area contributed by atoms with Crippen LogP contribution in [0.4, 0.5) is 5.69 Å². The second-order valence-electron chi connectivity index (χ2n) is 2.51. The lowest BCUT2D eigenvalue weighted by molar-refractivity contribution is 0.866. The Balaban J connectivity index is 0. The minimum atomic E-state index is 0. The van der Waals surface area contributed by atoms with E-state index in [4.69, 9.17) is 0 Å². The fourth-order valence-corrected chi connectivity index (χ4v) is 1.23. The molecule has 1 aromatic carbocycles. The molecule has 0 saturated heterocycles. The quantitative estimate of drug-likeness (QED) is 0.426. The van der Waals surface area contributed by atoms with Crippen molar-refractivity contribution in [2.75, 3.05) is 18.0 Å². The van der Waals surface area contributed by atoms with Gasteiger partial charge in [0, 0.05) is 27.2 Å². The fraction of sp³-hybridized carbons (Fsp3) is 0.400. The third-order valence-corrected chi connectivity index (χ3v) is 1.88. The van der Waals surface area contributed by atoms with E-state index < -0.39 is 0 Å². The predicted octanol–water partition coefficient (Wildman–Crippen LogP) is 0.971. The van der Waals surface area contributed by atoms with E-state index in [-0.39, 0.29) is 8.41 Å². The zero-order valence-corrected chi connectivity index (χ0v) is 8.98. The average molecular weight is 192 g/mol. The maximum absolute atomic E-state index is 4.00. The smallest absolute Gasteiger partial charge is 0.0365 e. The van der Waals surface area contributed by atoms with E-state index in [0.717, 1.165) is 13.1 Å². The molecule has 0 bridgehead atoms. The molecule has 0 atom stereocenters. The third kappa shape index (κ3) is 4.89. The van der Waals surface area contributed by atoms with Gasteiger partial charge in [0.2, 0.25) is 0 Å². The second-order valence-corrected chi connectivity index (χ2v) is 2.51. The van der Waals surface area contributed by atoms with Gasteiger partial charge < -0.3 is 4.90 Å². The van der Waals surface area contributed by atoms with Gasteiger partial charge in [-0.05, 0) is 26.0 Å². The van der Waals surface area contributed by atoms with Crippen LogP contribution in [0.1, 0.15) is 13.8 Å². The Morgan fingerprint density at radius 2 is 1.43 bits per heavy atom. The van der Waals surface area contributed by atoms with Crippen molar-refractivity contribution < 1.29 is 0 Å². The summed E-state index contributed by atoms with van der Waals surface area (Å²) < 4.78 is 0. The summed E-state index contributed by atoms with van der Waals surface area (Å²) in [6.45, 7) is 6.52. The number of anilines is 1. The van der Waals surface area contributed by atoms with Crippen LogP contribution in [0.3, 0.4) is 0 Å². The minimum absolute atomic E-state index is 0. The van der Waals surface area contributed by atoms with E-state index >= 15 is 0 Å². The SMILES string of the molecule is CCN(CC)c1ccccc1.NN.[B]. The maximum Gasteiger partial charge on any atom is 0.0365 e. The van der Waals surface area contributed by atoms with Crippen LogP contribution in [-0.4, -0.2) is 21.5 Å². The zero-order valence-electron chi connectivity index (χ0n) is 8.98. The van der Waals surface area contributed by atoms with Gasteiger partial charge in [0.25, 0.3) is 0 Å². The monoisotopic (exact) mass is 192 g/mol. The van der Waals surface area contributed by atoms with E-state index in [1.165, 1.54) is 5.69 Å². The molecule has 0 aliphatic carbocycles. The highest BCUT2D eigenvalue weighted by Crippen LogP contribution is 2.11. The molecule has 0 heterocycles. The Bertz CT molecular complexity index is 200. The Labute approximate surface area is 88.6 Å². The molecule has 4 N–H and O–H groups in total. The molecular weight excluding hydrogens is 173 g/mol. The molecule has 0 aromatic heterocycles. The van der Waals surface area contributed by atoms with Gasteiger partial charge in [0.1, 0.15) is 0 Å². The molecule has 3 nitrogen and oxygen atoms in total. The summed E-state index contributed by atoms with van der Waals surface area (Å²) in [5, 5.41) is 0. The molecule has 14 heavy (non-hydrogen) atoms. The number of rotatable bonds is 3. The lowest BCUT2D eigenvalue weighted by Crippen LogP contribution is -2.21. The van der Waals surface area contributed by atoms with Gasteiger partial charge in [0.05, 0.1) is 0 Å². The first kappa shape index (κ1) is 15.5. The van der Waals surface area contributed by atoms with Crippen LogP contribution in [0, 0.1) is 0 Å². The molecule has 1 rings (SSSR count). The third-order valence-electron chi connectivity index (χ3n) is 1.88. The van der Waals surface area contributed by atoms with Crippen LogP contribution < -0.4 is 16.6 Å². The topological polar surface area (TPSA) is 55.3 Å². The Morgan fingerprint density at radius 3 is 1.79 bits per heavy atom. The van der Waals surface area contributed by atoms with Crippen LogP contribution in [0.25, 0.3) is 0 Å². The van der Waals surface area contributed by atoms with E-state index in [0.29, 0.717) is 0 Å². The number of benzene rings is 1. The van der Waals surface area contributed by atoms with Gasteiger partial charge in [-0.1, -0.05) is 18.2 Å². The maximum atomic E-state index is 4.00. The molecule has 77 valence electrons. The van der Waals surface area contributed by atoms with Crippen molar-refractivity contribution in [1.29, 1.82) is 0 Å². The van der Waals surface area contributed by atoms with Crippen molar-refractivity contribution in [3.63, 3.8) is 0 Å². The van der Waals surface area contributed by atoms with Crippen LogP contribution in [0.5, 0.6) is 0 Å². The van der Waals surface area contributed by atoms with Gasteiger partial charge in [-0.15, -0.1) is 0 Å². The van der Waals surface area contributed by atoms with Crippen LogP contribution in [-0.2, 0) is 0 Å². The number of hydrogen-bond acceptors (Lipinski definition) is 3. The molecule has 1 aromatic rings. The number of nitrogens with zero attached hydrogens (tertiary/aromatic N) is 1. The summed E-state index contributed by atoms with van der Waals surface area (Å²) in [4.78, 5) is 2.33.